The summed E-state index contributed by atoms with van der Waals surface area (Å²) >= 11 is 0. The number of phenolic OH excluding ortho intramolecular Hbond substituents is 1. The first-order valence-corrected chi connectivity index (χ1v) is 9.25. The summed E-state index contributed by atoms with van der Waals surface area (Å²) in [6.07, 6.45) is 0.670. The van der Waals surface area contributed by atoms with Gasteiger partial charge in [0.1, 0.15) is 0 Å². The fraction of sp³-hybridized carbons (Fsp3) is 0.273. The molecule has 0 saturated carbocycles. The fourth-order valence-corrected chi connectivity index (χ4v) is 2.80. The minimum absolute atomic E-state index is 0.290. The number of ether oxygens (including phenoxy) is 2. The molecule has 160 valence electrons. The molecule has 0 heterocycles. The average Bonchev–Trinajstić information content (AvgIpc) is 2.70. The Kier molecular flexibility index (Phi) is 8.37. The van der Waals surface area contributed by atoms with Crippen LogP contribution in [-0.2, 0) is 14.3 Å². The topological polar surface area (TPSA) is 105 Å². The Morgan fingerprint density at radius 1 is 1.20 bits per heavy atom. The second-order valence-electron chi connectivity index (χ2n) is 6.62. The van der Waals surface area contributed by atoms with E-state index in [1.54, 1.807) is 12.1 Å². The van der Waals surface area contributed by atoms with Crippen molar-refractivity contribution < 1.29 is 33.7 Å². The van der Waals surface area contributed by atoms with E-state index in [0.717, 1.165) is 23.8 Å². The first kappa shape index (κ1) is 22.9. The minimum Gasteiger partial charge on any atom is -0.505 e. The third kappa shape index (κ3) is 6.89. The van der Waals surface area contributed by atoms with E-state index >= 15 is 0 Å². The van der Waals surface area contributed by atoms with Crippen molar-refractivity contribution >= 4 is 17.7 Å². The summed E-state index contributed by atoms with van der Waals surface area (Å²) in [5, 5.41) is 20.8. The summed E-state index contributed by atoms with van der Waals surface area (Å²) in [7, 11) is 1.41. The van der Waals surface area contributed by atoms with Crippen LogP contribution in [0.3, 0.4) is 0 Å². The van der Waals surface area contributed by atoms with Gasteiger partial charge in [-0.05, 0) is 49.6 Å². The molecule has 0 bridgehead atoms. The Morgan fingerprint density at radius 3 is 2.50 bits per heavy atom. The van der Waals surface area contributed by atoms with Crippen LogP contribution in [0.4, 0.5) is 14.9 Å². The number of aryl methyl sites for hydroxylation is 1. The smallest absolute Gasteiger partial charge is 0.412 e. The highest BCUT2D eigenvalue weighted by atomic mass is 19.1. The monoisotopic (exact) mass is 417 g/mol. The summed E-state index contributed by atoms with van der Waals surface area (Å²) < 4.78 is 24.9. The number of halogens is 1. The number of amides is 1. The van der Waals surface area contributed by atoms with Gasteiger partial charge in [0.25, 0.3) is 0 Å². The van der Waals surface area contributed by atoms with Gasteiger partial charge in [0, 0.05) is 18.9 Å². The molecule has 0 unspecified atom stereocenters. The van der Waals surface area contributed by atoms with Gasteiger partial charge in [-0.3, -0.25) is 5.32 Å². The molecule has 0 spiro atoms. The molecule has 0 radical (unpaired) electrons. The Bertz CT molecular complexity index is 897. The van der Waals surface area contributed by atoms with Gasteiger partial charge in [-0.15, -0.1) is 0 Å². The minimum atomic E-state index is -1.07. The molecule has 8 heteroatoms. The van der Waals surface area contributed by atoms with Crippen molar-refractivity contribution in [2.75, 3.05) is 12.4 Å². The van der Waals surface area contributed by atoms with Gasteiger partial charge < -0.3 is 19.7 Å². The van der Waals surface area contributed by atoms with Crippen molar-refractivity contribution in [1.29, 1.82) is 0 Å². The lowest BCUT2D eigenvalue weighted by Crippen LogP contribution is -2.28. The maximum absolute atomic E-state index is 13.9. The van der Waals surface area contributed by atoms with E-state index in [2.05, 4.69) is 5.32 Å². The van der Waals surface area contributed by atoms with Gasteiger partial charge in [0.05, 0.1) is 6.10 Å². The highest BCUT2D eigenvalue weighted by Crippen LogP contribution is 2.30. The zero-order chi connectivity index (χ0) is 22.1. The summed E-state index contributed by atoms with van der Waals surface area (Å²) in [6.45, 7) is 1.92. The number of methoxy groups -OCH3 is 1. The zero-order valence-corrected chi connectivity index (χ0v) is 16.7. The summed E-state index contributed by atoms with van der Waals surface area (Å²) in [5.41, 5.74) is 1.85. The molecular weight excluding hydrogens is 393 g/mol. The zero-order valence-electron chi connectivity index (χ0n) is 16.7. The highest BCUT2D eigenvalue weighted by molar-refractivity contribution is 5.84. The largest absolute Gasteiger partial charge is 0.505 e. The molecule has 0 aliphatic heterocycles. The number of carboxylic acids is 1. The quantitative estimate of drug-likeness (QED) is 0.517. The Morgan fingerprint density at radius 2 is 1.90 bits per heavy atom. The van der Waals surface area contributed by atoms with Crippen LogP contribution in [0.25, 0.3) is 0 Å². The average molecular weight is 417 g/mol. The fourth-order valence-electron chi connectivity index (χ4n) is 2.80. The Balaban J connectivity index is 2.20. The number of benzene rings is 2. The molecule has 30 heavy (non-hydrogen) atoms. The van der Waals surface area contributed by atoms with Crippen LogP contribution in [0.2, 0.25) is 0 Å². The van der Waals surface area contributed by atoms with Crippen molar-refractivity contribution in [3.05, 3.63) is 71.6 Å². The van der Waals surface area contributed by atoms with Crippen molar-refractivity contribution in [2.45, 2.75) is 32.0 Å². The third-order valence-corrected chi connectivity index (χ3v) is 4.35. The van der Waals surface area contributed by atoms with Crippen molar-refractivity contribution in [3.8, 4) is 5.75 Å². The molecular formula is C22H24FNO6. The van der Waals surface area contributed by atoms with Crippen LogP contribution in [-0.4, -0.2) is 35.5 Å². The number of carboxylic acid groups (broad SMARTS) is 1. The maximum Gasteiger partial charge on any atom is 0.412 e. The van der Waals surface area contributed by atoms with E-state index in [4.69, 9.17) is 14.6 Å². The van der Waals surface area contributed by atoms with Gasteiger partial charge in [0.2, 0.25) is 0 Å². The molecule has 0 aliphatic carbocycles. The standard InChI is InChI=1S/C22H24FNO6/c1-14-7-10-16(11-8-14)24-22(28)30-21(15-9-12-18(25)17(23)13-15)19(29-2)5-3-4-6-20(26)27/h4,6-13,19,21,25H,3,5H2,1-2H3,(H,24,28)(H,26,27)/b6-4+/t19-,21-/m1/s1. The lowest BCUT2D eigenvalue weighted by molar-refractivity contribution is -0.131. The van der Waals surface area contributed by atoms with Crippen molar-refractivity contribution in [2.24, 2.45) is 0 Å². The van der Waals surface area contributed by atoms with E-state index in [1.165, 1.54) is 19.3 Å². The van der Waals surface area contributed by atoms with Crippen LogP contribution in [0.15, 0.2) is 54.6 Å². The van der Waals surface area contributed by atoms with Crippen molar-refractivity contribution in [1.82, 2.24) is 0 Å². The third-order valence-electron chi connectivity index (χ3n) is 4.35. The number of aromatic hydroxyl groups is 1. The molecule has 3 N–H and O–H groups in total. The highest BCUT2D eigenvalue weighted by Gasteiger charge is 2.28. The number of carbonyl (C=O) groups excluding carboxylic acids is 1. The molecule has 1 amide bonds. The van der Waals surface area contributed by atoms with Gasteiger partial charge in [-0.1, -0.05) is 29.8 Å². The van der Waals surface area contributed by atoms with Crippen LogP contribution in [0, 0.1) is 12.7 Å². The van der Waals surface area contributed by atoms with E-state index in [0.29, 0.717) is 24.1 Å². The van der Waals surface area contributed by atoms with Gasteiger partial charge >= 0.3 is 12.1 Å². The summed E-state index contributed by atoms with van der Waals surface area (Å²) in [6, 6.07) is 10.8. The van der Waals surface area contributed by atoms with E-state index < -0.39 is 35.8 Å². The summed E-state index contributed by atoms with van der Waals surface area (Å²) in [5.74, 6) is -2.46. The van der Waals surface area contributed by atoms with Gasteiger partial charge in [0.15, 0.2) is 17.7 Å². The van der Waals surface area contributed by atoms with Crippen LogP contribution < -0.4 is 5.32 Å². The lowest BCUT2D eigenvalue weighted by atomic mass is 10.00. The molecule has 0 fully saturated rings. The molecule has 2 atom stereocenters. The molecule has 0 aliphatic rings. The first-order valence-electron chi connectivity index (χ1n) is 9.25. The first-order chi connectivity index (χ1) is 14.3. The number of aliphatic carboxylic acids is 1. The molecule has 0 saturated heterocycles. The second-order valence-corrected chi connectivity index (χ2v) is 6.62. The number of nitrogens with one attached hydrogen (secondary N) is 1. The summed E-state index contributed by atoms with van der Waals surface area (Å²) in [4.78, 5) is 23.1. The van der Waals surface area contributed by atoms with Gasteiger partial charge in [-0.2, -0.15) is 0 Å². The van der Waals surface area contributed by atoms with Crippen LogP contribution in [0.5, 0.6) is 5.75 Å². The SMILES string of the molecule is CO[C@H](CC/C=C/C(=O)O)[C@H](OC(=O)Nc1ccc(C)cc1)c1ccc(O)c(F)c1. The number of rotatable bonds is 9. The van der Waals surface area contributed by atoms with Crippen LogP contribution >= 0.6 is 0 Å². The molecule has 7 nitrogen and oxygen atoms in total. The van der Waals surface area contributed by atoms with Crippen LogP contribution in [0.1, 0.15) is 30.1 Å². The van der Waals surface area contributed by atoms with Crippen molar-refractivity contribution in [3.63, 3.8) is 0 Å². The Hall–Kier alpha value is -3.39. The maximum atomic E-state index is 13.9. The Labute approximate surface area is 173 Å². The van der Waals surface area contributed by atoms with E-state index in [1.807, 2.05) is 19.1 Å². The number of hydrogen-bond acceptors (Lipinski definition) is 5. The number of allylic oxidation sites excluding steroid dienone is 1. The molecule has 0 aromatic heterocycles. The normalized spacial score (nSPS) is 13.0. The number of anilines is 1. The second kappa shape index (κ2) is 11.0. The predicted octanol–water partition coefficient (Wildman–Crippen LogP) is 4.57. The van der Waals surface area contributed by atoms with Gasteiger partial charge in [-0.25, -0.2) is 14.0 Å². The molecule has 2 aromatic rings. The number of phenols is 1. The molecule has 2 rings (SSSR count). The predicted molar refractivity (Wildman–Crippen MR) is 109 cm³/mol. The van der Waals surface area contributed by atoms with E-state index in [-0.39, 0.29) is 0 Å². The van der Waals surface area contributed by atoms with E-state index in [9.17, 15) is 19.1 Å². The molecule has 2 aromatic carbocycles. The lowest BCUT2D eigenvalue weighted by Gasteiger charge is -2.26. The number of hydrogen-bond donors (Lipinski definition) is 3. The number of carbonyl (C=O) groups is 2.